The molecule has 3 heterocycles. The highest BCUT2D eigenvalue weighted by Crippen LogP contribution is 2.39. The summed E-state index contributed by atoms with van der Waals surface area (Å²) in [7, 11) is 0. The van der Waals surface area contributed by atoms with Crippen LogP contribution in [0.5, 0.6) is 0 Å². The number of carbonyl (C=O) groups excluding carboxylic acids is 1. The molecular formula is C14H20N2O2S. The van der Waals surface area contributed by atoms with Gasteiger partial charge in [-0.3, -0.25) is 4.79 Å². The van der Waals surface area contributed by atoms with E-state index in [2.05, 4.69) is 18.8 Å². The summed E-state index contributed by atoms with van der Waals surface area (Å²) in [4.78, 5) is 20.1. The lowest BCUT2D eigenvalue weighted by atomic mass is 9.82. The fourth-order valence-electron chi connectivity index (χ4n) is 2.78. The first-order chi connectivity index (χ1) is 9.02. The van der Waals surface area contributed by atoms with Gasteiger partial charge in [0.05, 0.1) is 29.5 Å². The van der Waals surface area contributed by atoms with Crippen LogP contribution in [-0.4, -0.2) is 41.1 Å². The molecule has 0 unspecified atom stereocenters. The second kappa shape index (κ2) is 4.56. The Labute approximate surface area is 117 Å². The van der Waals surface area contributed by atoms with Crippen LogP contribution >= 0.6 is 11.3 Å². The maximum absolute atomic E-state index is 12.7. The molecule has 5 heteroatoms. The van der Waals surface area contributed by atoms with Crippen molar-refractivity contribution in [2.24, 2.45) is 5.92 Å². The van der Waals surface area contributed by atoms with Crippen molar-refractivity contribution in [3.8, 4) is 0 Å². The van der Waals surface area contributed by atoms with Gasteiger partial charge in [0.2, 0.25) is 0 Å². The Morgan fingerprint density at radius 3 is 2.74 bits per heavy atom. The lowest BCUT2D eigenvalue weighted by molar-refractivity contribution is -0.172. The number of nitrogens with zero attached hydrogens (tertiary/aromatic N) is 2. The van der Waals surface area contributed by atoms with Gasteiger partial charge in [-0.15, -0.1) is 11.3 Å². The maximum Gasteiger partial charge on any atom is 0.266 e. The van der Waals surface area contributed by atoms with Crippen molar-refractivity contribution in [2.75, 3.05) is 19.8 Å². The summed E-state index contributed by atoms with van der Waals surface area (Å²) in [6, 6.07) is 0. The van der Waals surface area contributed by atoms with Crippen LogP contribution in [0, 0.1) is 12.8 Å². The van der Waals surface area contributed by atoms with Crippen LogP contribution < -0.4 is 0 Å². The van der Waals surface area contributed by atoms with Crippen LogP contribution in [0.2, 0.25) is 0 Å². The number of aromatic nitrogens is 1. The fourth-order valence-corrected chi connectivity index (χ4v) is 3.68. The van der Waals surface area contributed by atoms with E-state index in [1.807, 2.05) is 11.8 Å². The summed E-state index contributed by atoms with van der Waals surface area (Å²) in [5.41, 5.74) is 0.995. The highest BCUT2D eigenvalue weighted by molar-refractivity contribution is 7.13. The molecule has 0 N–H and O–H groups in total. The molecule has 3 rings (SSSR count). The topological polar surface area (TPSA) is 42.4 Å². The summed E-state index contributed by atoms with van der Waals surface area (Å²) in [5.74, 6) is 0.682. The Hall–Kier alpha value is -0.940. The largest absolute Gasteiger partial charge is 0.376 e. The molecule has 2 aliphatic rings. The van der Waals surface area contributed by atoms with Gasteiger partial charge < -0.3 is 9.64 Å². The second-order valence-corrected chi connectivity index (χ2v) is 7.23. The van der Waals surface area contributed by atoms with Crippen LogP contribution in [0.1, 0.15) is 40.6 Å². The van der Waals surface area contributed by atoms with Crippen LogP contribution in [0.4, 0.5) is 0 Å². The zero-order chi connectivity index (χ0) is 13.6. The average Bonchev–Trinajstić information content (AvgIpc) is 2.54. The lowest BCUT2D eigenvalue weighted by Crippen LogP contribution is -2.72. The number of amides is 1. The van der Waals surface area contributed by atoms with Gasteiger partial charge >= 0.3 is 0 Å². The smallest absolute Gasteiger partial charge is 0.266 e. The summed E-state index contributed by atoms with van der Waals surface area (Å²) < 4.78 is 5.29. The summed E-state index contributed by atoms with van der Waals surface area (Å²) >= 11 is 1.53. The maximum atomic E-state index is 12.7. The third kappa shape index (κ3) is 2.09. The van der Waals surface area contributed by atoms with Gasteiger partial charge in [-0.25, -0.2) is 4.98 Å². The summed E-state index contributed by atoms with van der Waals surface area (Å²) in [5, 5.41) is 0.985. The Kier molecular flexibility index (Phi) is 3.14. The number of carbonyl (C=O) groups is 1. The van der Waals surface area contributed by atoms with E-state index in [1.165, 1.54) is 11.3 Å². The minimum Gasteiger partial charge on any atom is -0.376 e. The minimum atomic E-state index is 0.0179. The number of thiazole rings is 1. The zero-order valence-electron chi connectivity index (χ0n) is 11.7. The van der Waals surface area contributed by atoms with Crippen molar-refractivity contribution in [1.29, 1.82) is 0 Å². The average molecular weight is 280 g/mol. The molecule has 104 valence electrons. The van der Waals surface area contributed by atoms with E-state index in [0.29, 0.717) is 19.1 Å². The predicted octanol–water partition coefficient (Wildman–Crippen LogP) is 2.26. The molecular weight excluding hydrogens is 260 g/mol. The van der Waals surface area contributed by atoms with Gasteiger partial charge in [-0.1, -0.05) is 13.8 Å². The van der Waals surface area contributed by atoms with Crippen molar-refractivity contribution < 1.29 is 9.53 Å². The van der Waals surface area contributed by atoms with Crippen molar-refractivity contribution >= 4 is 17.2 Å². The molecule has 0 radical (unpaired) electrons. The number of aryl methyl sites for hydroxylation is 1. The number of rotatable bonds is 3. The first-order valence-corrected chi connectivity index (χ1v) is 7.69. The van der Waals surface area contributed by atoms with Crippen molar-refractivity contribution in [3.05, 3.63) is 15.6 Å². The SMILES string of the molecule is Cc1nc(CC(C)C)c(C(=O)N2CCC23COC3)s1. The van der Waals surface area contributed by atoms with Crippen molar-refractivity contribution in [3.63, 3.8) is 0 Å². The molecule has 0 bridgehead atoms. The normalized spacial score (nSPS) is 20.5. The lowest BCUT2D eigenvalue weighted by Gasteiger charge is -2.57. The van der Waals surface area contributed by atoms with Crippen LogP contribution in [0.25, 0.3) is 0 Å². The standard InChI is InChI=1S/C14H20N2O2S/c1-9(2)6-11-12(19-10(3)15-11)13(17)16-5-4-14(16)7-18-8-14/h9H,4-8H2,1-3H3. The monoisotopic (exact) mass is 280 g/mol. The highest BCUT2D eigenvalue weighted by Gasteiger charge is 2.53. The molecule has 1 spiro atoms. The van der Waals surface area contributed by atoms with E-state index in [1.54, 1.807) is 0 Å². The van der Waals surface area contributed by atoms with E-state index in [-0.39, 0.29) is 11.4 Å². The molecule has 4 nitrogen and oxygen atoms in total. The molecule has 2 aliphatic heterocycles. The van der Waals surface area contributed by atoms with E-state index in [0.717, 1.165) is 35.0 Å². The number of hydrogen-bond donors (Lipinski definition) is 0. The molecule has 1 aromatic heterocycles. The van der Waals surface area contributed by atoms with Crippen molar-refractivity contribution in [2.45, 2.75) is 39.2 Å². The molecule has 2 fully saturated rings. The molecule has 0 saturated carbocycles. The summed E-state index contributed by atoms with van der Waals surface area (Å²) in [6.45, 7) is 8.57. The molecule has 0 aliphatic carbocycles. The van der Waals surface area contributed by atoms with Crippen LogP contribution in [-0.2, 0) is 11.2 Å². The molecule has 1 aromatic rings. The quantitative estimate of drug-likeness (QED) is 0.853. The molecule has 19 heavy (non-hydrogen) atoms. The highest BCUT2D eigenvalue weighted by atomic mass is 32.1. The van der Waals surface area contributed by atoms with Gasteiger partial charge in [0.1, 0.15) is 4.88 Å². The number of hydrogen-bond acceptors (Lipinski definition) is 4. The zero-order valence-corrected chi connectivity index (χ0v) is 12.5. The third-order valence-electron chi connectivity index (χ3n) is 3.96. The van der Waals surface area contributed by atoms with Gasteiger partial charge in [0.15, 0.2) is 0 Å². The molecule has 2 saturated heterocycles. The van der Waals surface area contributed by atoms with E-state index >= 15 is 0 Å². The van der Waals surface area contributed by atoms with E-state index in [9.17, 15) is 4.79 Å². The Balaban J connectivity index is 1.83. The van der Waals surface area contributed by atoms with Crippen LogP contribution in [0.3, 0.4) is 0 Å². The molecule has 1 amide bonds. The minimum absolute atomic E-state index is 0.0179. The van der Waals surface area contributed by atoms with Gasteiger partial charge in [0.25, 0.3) is 5.91 Å². The predicted molar refractivity (Wildman–Crippen MR) is 74.6 cm³/mol. The second-order valence-electron chi connectivity index (χ2n) is 6.03. The Morgan fingerprint density at radius 1 is 1.53 bits per heavy atom. The first-order valence-electron chi connectivity index (χ1n) is 6.88. The van der Waals surface area contributed by atoms with Gasteiger partial charge in [-0.05, 0) is 25.7 Å². The Bertz CT molecular complexity index is 500. The van der Waals surface area contributed by atoms with Gasteiger partial charge in [0, 0.05) is 6.54 Å². The summed E-state index contributed by atoms with van der Waals surface area (Å²) in [6.07, 6.45) is 1.96. The van der Waals surface area contributed by atoms with E-state index < -0.39 is 0 Å². The number of ether oxygens (including phenoxy) is 1. The molecule has 0 aromatic carbocycles. The third-order valence-corrected chi connectivity index (χ3v) is 4.96. The molecule has 0 atom stereocenters. The Morgan fingerprint density at radius 2 is 2.26 bits per heavy atom. The van der Waals surface area contributed by atoms with E-state index in [4.69, 9.17) is 4.74 Å². The van der Waals surface area contributed by atoms with Crippen molar-refractivity contribution in [1.82, 2.24) is 9.88 Å². The van der Waals surface area contributed by atoms with Gasteiger partial charge in [-0.2, -0.15) is 0 Å². The first kappa shape index (κ1) is 13.1. The van der Waals surface area contributed by atoms with Crippen LogP contribution in [0.15, 0.2) is 0 Å². The fraction of sp³-hybridized carbons (Fsp3) is 0.714. The number of likely N-dealkylation sites (tertiary alicyclic amines) is 1.